The molecule has 1 saturated carbocycles. The first-order valence-corrected chi connectivity index (χ1v) is 12.5. The largest absolute Gasteiger partial charge is 0.473 e. The highest BCUT2D eigenvalue weighted by Gasteiger charge is 2.24. The Hall–Kier alpha value is -2.91. The van der Waals surface area contributed by atoms with Crippen molar-refractivity contribution in [2.24, 2.45) is 0 Å². The molecule has 5 rings (SSSR count). The van der Waals surface area contributed by atoms with Crippen LogP contribution in [0.5, 0.6) is 5.88 Å². The summed E-state index contributed by atoms with van der Waals surface area (Å²) in [5, 5.41) is 0. The molecule has 3 aromatic carbocycles. The molecule has 1 fully saturated rings. The van der Waals surface area contributed by atoms with Gasteiger partial charge in [-0.15, -0.1) is 0 Å². The summed E-state index contributed by atoms with van der Waals surface area (Å²) in [4.78, 5) is 4.87. The lowest BCUT2D eigenvalue weighted by Gasteiger charge is -2.27. The van der Waals surface area contributed by atoms with Gasteiger partial charge in [0.2, 0.25) is 5.88 Å². The number of aryl methyl sites for hydroxylation is 1. The van der Waals surface area contributed by atoms with Crippen LogP contribution in [0.2, 0.25) is 0 Å². The fraction of sp³-hybridized carbons (Fsp3) is 0.233. The molecule has 4 aromatic rings. The van der Waals surface area contributed by atoms with E-state index in [1.807, 2.05) is 30.3 Å². The summed E-state index contributed by atoms with van der Waals surface area (Å²) in [5.41, 5.74) is 6.19. The van der Waals surface area contributed by atoms with E-state index >= 15 is 0 Å². The van der Waals surface area contributed by atoms with Crippen molar-refractivity contribution in [1.82, 2.24) is 4.98 Å². The van der Waals surface area contributed by atoms with E-state index in [4.69, 9.17) is 9.72 Å². The smallest absolute Gasteiger partial charge is 0.213 e. The summed E-state index contributed by atoms with van der Waals surface area (Å²) in [7, 11) is 0. The SMILES string of the molecule is Brc1ccc(-c2ccc(OCc3ccccc3)nc2C2CCC2)cc1.CCc1ccccc1. The van der Waals surface area contributed by atoms with E-state index in [2.05, 4.69) is 89.6 Å². The lowest BCUT2D eigenvalue weighted by molar-refractivity contribution is 0.290. The second-order valence-electron chi connectivity index (χ2n) is 8.33. The molecule has 1 aliphatic rings. The maximum atomic E-state index is 5.94. The molecule has 168 valence electrons. The Morgan fingerprint density at radius 1 is 0.788 bits per heavy atom. The molecule has 0 N–H and O–H groups in total. The maximum Gasteiger partial charge on any atom is 0.213 e. The molecule has 0 bridgehead atoms. The Bertz CT molecular complexity index is 1120. The zero-order chi connectivity index (χ0) is 22.9. The molecule has 0 unspecified atom stereocenters. The molecule has 0 atom stereocenters. The number of pyridine rings is 1. The zero-order valence-electron chi connectivity index (χ0n) is 19.1. The molecule has 0 radical (unpaired) electrons. The minimum atomic E-state index is 0.551. The molecule has 33 heavy (non-hydrogen) atoms. The van der Waals surface area contributed by atoms with Gasteiger partial charge in [0, 0.05) is 22.0 Å². The van der Waals surface area contributed by atoms with Gasteiger partial charge in [0.1, 0.15) is 6.61 Å². The van der Waals surface area contributed by atoms with Gasteiger partial charge in [-0.25, -0.2) is 4.98 Å². The lowest BCUT2D eigenvalue weighted by Crippen LogP contribution is -2.12. The molecule has 3 heteroatoms. The van der Waals surface area contributed by atoms with Gasteiger partial charge in [0.05, 0.1) is 5.69 Å². The molecule has 1 aliphatic carbocycles. The summed E-state index contributed by atoms with van der Waals surface area (Å²) in [5.74, 6) is 1.27. The van der Waals surface area contributed by atoms with Crippen LogP contribution in [0.4, 0.5) is 0 Å². The topological polar surface area (TPSA) is 22.1 Å². The lowest BCUT2D eigenvalue weighted by atomic mass is 9.80. The van der Waals surface area contributed by atoms with Crippen molar-refractivity contribution in [2.75, 3.05) is 0 Å². The Morgan fingerprint density at radius 2 is 1.42 bits per heavy atom. The van der Waals surface area contributed by atoms with Crippen molar-refractivity contribution in [2.45, 2.75) is 45.1 Å². The summed E-state index contributed by atoms with van der Waals surface area (Å²) in [6.45, 7) is 2.71. The summed E-state index contributed by atoms with van der Waals surface area (Å²) >= 11 is 3.51. The fourth-order valence-corrected chi connectivity index (χ4v) is 4.11. The van der Waals surface area contributed by atoms with E-state index in [9.17, 15) is 0 Å². The first-order chi connectivity index (χ1) is 16.2. The number of nitrogens with zero attached hydrogens (tertiary/aromatic N) is 1. The number of halogens is 1. The summed E-state index contributed by atoms with van der Waals surface area (Å²) < 4.78 is 7.04. The number of rotatable bonds is 6. The van der Waals surface area contributed by atoms with Gasteiger partial charge >= 0.3 is 0 Å². The second kappa shape index (κ2) is 11.8. The van der Waals surface area contributed by atoms with Crippen LogP contribution in [-0.4, -0.2) is 4.98 Å². The predicted molar refractivity (Wildman–Crippen MR) is 141 cm³/mol. The average Bonchev–Trinajstić information content (AvgIpc) is 2.84. The van der Waals surface area contributed by atoms with Gasteiger partial charge in [0.25, 0.3) is 0 Å². The van der Waals surface area contributed by atoms with Crippen LogP contribution in [0.25, 0.3) is 11.1 Å². The number of benzene rings is 3. The molecule has 0 saturated heterocycles. The average molecular weight is 500 g/mol. The zero-order valence-corrected chi connectivity index (χ0v) is 20.7. The summed E-state index contributed by atoms with van der Waals surface area (Å²) in [6, 6.07) is 33.3. The van der Waals surface area contributed by atoms with Crippen LogP contribution in [0.1, 0.15) is 48.9 Å². The van der Waals surface area contributed by atoms with Crippen LogP contribution in [0.3, 0.4) is 0 Å². The van der Waals surface area contributed by atoms with Crippen molar-refractivity contribution in [3.8, 4) is 17.0 Å². The molecule has 2 nitrogen and oxygen atoms in total. The maximum absolute atomic E-state index is 5.94. The van der Waals surface area contributed by atoms with Crippen molar-refractivity contribution < 1.29 is 4.74 Å². The minimum absolute atomic E-state index is 0.551. The molecule has 1 aromatic heterocycles. The Morgan fingerprint density at radius 3 is 1.97 bits per heavy atom. The van der Waals surface area contributed by atoms with Gasteiger partial charge in [-0.3, -0.25) is 0 Å². The molecule has 0 spiro atoms. The highest BCUT2D eigenvalue weighted by atomic mass is 79.9. The van der Waals surface area contributed by atoms with Crippen molar-refractivity contribution in [3.05, 3.63) is 118 Å². The summed E-state index contributed by atoms with van der Waals surface area (Å²) in [6.07, 6.45) is 4.87. The number of hydrogen-bond donors (Lipinski definition) is 0. The normalized spacial score (nSPS) is 12.9. The van der Waals surface area contributed by atoms with E-state index in [0.29, 0.717) is 18.4 Å². The quantitative estimate of drug-likeness (QED) is 0.264. The van der Waals surface area contributed by atoms with Gasteiger partial charge in [-0.1, -0.05) is 102 Å². The molecule has 0 amide bonds. The third kappa shape index (κ3) is 6.55. The van der Waals surface area contributed by atoms with Crippen LogP contribution in [0, 0.1) is 0 Å². The first kappa shape index (κ1) is 23.3. The van der Waals surface area contributed by atoms with Gasteiger partial charge in [0.15, 0.2) is 0 Å². The number of ether oxygens (including phenoxy) is 1. The van der Waals surface area contributed by atoms with E-state index < -0.39 is 0 Å². The van der Waals surface area contributed by atoms with Crippen molar-refractivity contribution in [1.29, 1.82) is 0 Å². The highest BCUT2D eigenvalue weighted by Crippen LogP contribution is 2.41. The van der Waals surface area contributed by atoms with E-state index in [1.165, 1.54) is 41.6 Å². The predicted octanol–water partition coefficient (Wildman–Crippen LogP) is 8.61. The third-order valence-electron chi connectivity index (χ3n) is 6.03. The van der Waals surface area contributed by atoms with Crippen LogP contribution in [0.15, 0.2) is 102 Å². The second-order valence-corrected chi connectivity index (χ2v) is 9.25. The Labute approximate surface area is 205 Å². The Kier molecular flexibility index (Phi) is 8.32. The van der Waals surface area contributed by atoms with Gasteiger partial charge in [-0.05, 0) is 54.2 Å². The van der Waals surface area contributed by atoms with Crippen molar-refractivity contribution >= 4 is 15.9 Å². The van der Waals surface area contributed by atoms with Gasteiger partial charge < -0.3 is 4.74 Å². The van der Waals surface area contributed by atoms with E-state index in [1.54, 1.807) is 0 Å². The third-order valence-corrected chi connectivity index (χ3v) is 6.56. The standard InChI is InChI=1S/C22H20BrNO.C8H10/c23-19-11-9-17(10-12-19)20-13-14-21(24-22(20)18-7-4-8-18)25-15-16-5-2-1-3-6-16;1-2-8-6-4-3-5-7-8/h1-3,5-6,9-14,18H,4,7-8,15H2;3-7H,2H2,1H3. The fourth-order valence-electron chi connectivity index (χ4n) is 3.85. The van der Waals surface area contributed by atoms with Crippen molar-refractivity contribution in [3.63, 3.8) is 0 Å². The highest BCUT2D eigenvalue weighted by molar-refractivity contribution is 9.10. The van der Waals surface area contributed by atoms with Crippen LogP contribution < -0.4 is 4.74 Å². The minimum Gasteiger partial charge on any atom is -0.473 e. The number of aromatic nitrogens is 1. The molecule has 0 aliphatic heterocycles. The monoisotopic (exact) mass is 499 g/mol. The first-order valence-electron chi connectivity index (χ1n) is 11.7. The molecular weight excluding hydrogens is 470 g/mol. The van der Waals surface area contributed by atoms with Crippen LogP contribution >= 0.6 is 15.9 Å². The Balaban J connectivity index is 0.000000275. The van der Waals surface area contributed by atoms with Gasteiger partial charge in [-0.2, -0.15) is 0 Å². The number of hydrogen-bond acceptors (Lipinski definition) is 2. The van der Waals surface area contributed by atoms with Crippen LogP contribution in [-0.2, 0) is 13.0 Å². The van der Waals surface area contributed by atoms with E-state index in [-0.39, 0.29) is 0 Å². The van der Waals surface area contributed by atoms with E-state index in [0.717, 1.165) is 16.5 Å². The molecular formula is C30H30BrNO. The molecule has 1 heterocycles.